The van der Waals surface area contributed by atoms with Crippen LogP contribution in [0, 0.1) is 12.3 Å². The molecule has 0 bridgehead atoms. The molecule has 1 rings (SSSR count). The Morgan fingerprint density at radius 3 is 2.89 bits per heavy atom. The lowest BCUT2D eigenvalue weighted by atomic mass is 10.1. The van der Waals surface area contributed by atoms with Crippen LogP contribution in [0.2, 0.25) is 0 Å². The van der Waals surface area contributed by atoms with Gasteiger partial charge in [0, 0.05) is 6.54 Å². The molecule has 0 aliphatic rings. The summed E-state index contributed by atoms with van der Waals surface area (Å²) in [7, 11) is 0. The van der Waals surface area contributed by atoms with E-state index in [4.69, 9.17) is 11.5 Å². The summed E-state index contributed by atoms with van der Waals surface area (Å²) in [6.45, 7) is 2.61. The SMILES string of the molecule is C#CCNC(=O)C(C)NCc1cccc(CO)c1. The van der Waals surface area contributed by atoms with Crippen molar-refractivity contribution >= 4 is 5.91 Å². The monoisotopic (exact) mass is 246 g/mol. The average Bonchev–Trinajstić information content (AvgIpc) is 2.42. The maximum atomic E-state index is 11.5. The zero-order valence-corrected chi connectivity index (χ0v) is 10.4. The van der Waals surface area contributed by atoms with Crippen LogP contribution in [0.1, 0.15) is 18.1 Å². The van der Waals surface area contributed by atoms with Crippen molar-refractivity contribution in [3.8, 4) is 12.3 Å². The molecule has 0 saturated heterocycles. The minimum absolute atomic E-state index is 0.0199. The highest BCUT2D eigenvalue weighted by Gasteiger charge is 2.10. The summed E-state index contributed by atoms with van der Waals surface area (Å²) < 4.78 is 0. The zero-order valence-electron chi connectivity index (χ0n) is 10.4. The van der Waals surface area contributed by atoms with Gasteiger partial charge in [-0.1, -0.05) is 30.2 Å². The lowest BCUT2D eigenvalue weighted by Gasteiger charge is -2.13. The summed E-state index contributed by atoms with van der Waals surface area (Å²) >= 11 is 0. The minimum atomic E-state index is -0.309. The third kappa shape index (κ3) is 4.58. The third-order valence-corrected chi connectivity index (χ3v) is 2.54. The lowest BCUT2D eigenvalue weighted by molar-refractivity contribution is -0.122. The maximum Gasteiger partial charge on any atom is 0.237 e. The number of hydrogen-bond donors (Lipinski definition) is 3. The van der Waals surface area contributed by atoms with E-state index in [-0.39, 0.29) is 25.1 Å². The first-order chi connectivity index (χ1) is 8.67. The van der Waals surface area contributed by atoms with Crippen molar-refractivity contribution in [2.24, 2.45) is 0 Å². The molecule has 0 saturated carbocycles. The second kappa shape index (κ2) is 7.49. The van der Waals surface area contributed by atoms with Gasteiger partial charge in [0.25, 0.3) is 0 Å². The van der Waals surface area contributed by atoms with Crippen LogP contribution >= 0.6 is 0 Å². The molecular formula is C14H18N2O2. The van der Waals surface area contributed by atoms with Gasteiger partial charge in [-0.05, 0) is 18.1 Å². The first-order valence-electron chi connectivity index (χ1n) is 5.80. The fourth-order valence-electron chi connectivity index (χ4n) is 1.49. The van der Waals surface area contributed by atoms with Crippen molar-refractivity contribution in [1.82, 2.24) is 10.6 Å². The Bertz CT molecular complexity index is 438. The van der Waals surface area contributed by atoms with Gasteiger partial charge in [-0.3, -0.25) is 4.79 Å². The molecule has 0 aliphatic carbocycles. The Morgan fingerprint density at radius 2 is 2.22 bits per heavy atom. The van der Waals surface area contributed by atoms with Crippen LogP contribution in [0.15, 0.2) is 24.3 Å². The Hall–Kier alpha value is -1.83. The van der Waals surface area contributed by atoms with E-state index >= 15 is 0 Å². The summed E-state index contributed by atoms with van der Waals surface area (Å²) in [5.74, 6) is 2.24. The number of aliphatic hydroxyl groups is 1. The Balaban J connectivity index is 2.44. The highest BCUT2D eigenvalue weighted by Crippen LogP contribution is 2.05. The molecule has 1 aromatic carbocycles. The predicted molar refractivity (Wildman–Crippen MR) is 70.5 cm³/mol. The fraction of sp³-hybridized carbons (Fsp3) is 0.357. The standard InChI is InChI=1S/C14H18N2O2/c1-3-7-15-14(18)11(2)16-9-12-5-4-6-13(8-12)10-17/h1,4-6,8,11,16-17H,7,9-10H2,2H3,(H,15,18). The highest BCUT2D eigenvalue weighted by atomic mass is 16.3. The van der Waals surface area contributed by atoms with E-state index in [1.165, 1.54) is 0 Å². The maximum absolute atomic E-state index is 11.5. The van der Waals surface area contributed by atoms with Crippen LogP contribution in [-0.2, 0) is 17.9 Å². The van der Waals surface area contributed by atoms with Gasteiger partial charge in [0.2, 0.25) is 5.91 Å². The summed E-state index contributed by atoms with van der Waals surface area (Å²) in [5, 5.41) is 14.7. The molecule has 3 N–H and O–H groups in total. The quantitative estimate of drug-likeness (QED) is 0.637. The molecule has 1 atom stereocenters. The molecule has 96 valence electrons. The van der Waals surface area contributed by atoms with Crippen molar-refractivity contribution in [1.29, 1.82) is 0 Å². The van der Waals surface area contributed by atoms with E-state index in [1.807, 2.05) is 24.3 Å². The van der Waals surface area contributed by atoms with E-state index in [0.717, 1.165) is 11.1 Å². The van der Waals surface area contributed by atoms with Gasteiger partial charge in [-0.15, -0.1) is 6.42 Å². The Labute approximate surface area is 107 Å². The number of benzene rings is 1. The normalized spacial score (nSPS) is 11.6. The van der Waals surface area contributed by atoms with Gasteiger partial charge in [0.1, 0.15) is 0 Å². The number of hydrogen-bond acceptors (Lipinski definition) is 3. The number of rotatable bonds is 6. The number of nitrogens with one attached hydrogen (secondary N) is 2. The summed E-state index contributed by atoms with van der Waals surface area (Å²) in [6.07, 6.45) is 5.07. The Morgan fingerprint density at radius 1 is 1.50 bits per heavy atom. The number of aliphatic hydroxyl groups excluding tert-OH is 1. The van der Waals surface area contributed by atoms with Gasteiger partial charge in [0.05, 0.1) is 19.2 Å². The second-order valence-electron chi connectivity index (χ2n) is 4.00. The van der Waals surface area contributed by atoms with Crippen LogP contribution in [0.4, 0.5) is 0 Å². The van der Waals surface area contributed by atoms with Crippen molar-refractivity contribution in [2.45, 2.75) is 26.1 Å². The molecule has 18 heavy (non-hydrogen) atoms. The van der Waals surface area contributed by atoms with Gasteiger partial charge in [0.15, 0.2) is 0 Å². The average molecular weight is 246 g/mol. The third-order valence-electron chi connectivity index (χ3n) is 2.54. The van der Waals surface area contributed by atoms with Crippen molar-refractivity contribution in [3.05, 3.63) is 35.4 Å². The molecular weight excluding hydrogens is 228 g/mol. The van der Waals surface area contributed by atoms with E-state index in [1.54, 1.807) is 6.92 Å². The second-order valence-corrected chi connectivity index (χ2v) is 4.00. The van der Waals surface area contributed by atoms with Crippen LogP contribution in [0.3, 0.4) is 0 Å². The molecule has 4 heteroatoms. The summed E-state index contributed by atoms with van der Waals surface area (Å²) in [4.78, 5) is 11.5. The first kappa shape index (κ1) is 14.2. The first-order valence-corrected chi connectivity index (χ1v) is 5.80. The number of amides is 1. The summed E-state index contributed by atoms with van der Waals surface area (Å²) in [6, 6.07) is 7.27. The topological polar surface area (TPSA) is 61.4 Å². The Kier molecular flexibility index (Phi) is 5.92. The minimum Gasteiger partial charge on any atom is -0.392 e. The number of terminal acetylenes is 1. The van der Waals surface area contributed by atoms with Crippen molar-refractivity contribution < 1.29 is 9.90 Å². The van der Waals surface area contributed by atoms with Gasteiger partial charge in [-0.25, -0.2) is 0 Å². The largest absolute Gasteiger partial charge is 0.392 e. The summed E-state index contributed by atoms with van der Waals surface area (Å²) in [5.41, 5.74) is 1.89. The fourth-order valence-corrected chi connectivity index (χ4v) is 1.49. The predicted octanol–water partition coefficient (Wildman–Crippen LogP) is 0.406. The highest BCUT2D eigenvalue weighted by molar-refractivity contribution is 5.81. The molecule has 0 radical (unpaired) electrons. The van der Waals surface area contributed by atoms with E-state index < -0.39 is 0 Å². The van der Waals surface area contributed by atoms with E-state index in [0.29, 0.717) is 6.54 Å². The molecule has 4 nitrogen and oxygen atoms in total. The van der Waals surface area contributed by atoms with Gasteiger partial charge in [-0.2, -0.15) is 0 Å². The molecule has 0 aromatic heterocycles. The van der Waals surface area contributed by atoms with E-state index in [2.05, 4.69) is 16.6 Å². The molecule has 0 fully saturated rings. The zero-order chi connectivity index (χ0) is 13.4. The van der Waals surface area contributed by atoms with Gasteiger partial charge >= 0.3 is 0 Å². The molecule has 0 spiro atoms. The van der Waals surface area contributed by atoms with Crippen LogP contribution in [-0.4, -0.2) is 23.6 Å². The molecule has 0 heterocycles. The van der Waals surface area contributed by atoms with Crippen LogP contribution < -0.4 is 10.6 Å². The lowest BCUT2D eigenvalue weighted by Crippen LogP contribution is -2.41. The molecule has 1 amide bonds. The van der Waals surface area contributed by atoms with Crippen molar-refractivity contribution in [3.63, 3.8) is 0 Å². The van der Waals surface area contributed by atoms with Crippen LogP contribution in [0.25, 0.3) is 0 Å². The van der Waals surface area contributed by atoms with Crippen molar-refractivity contribution in [2.75, 3.05) is 6.54 Å². The molecule has 1 unspecified atom stereocenters. The molecule has 1 aromatic rings. The number of carbonyl (C=O) groups is 1. The molecule has 0 aliphatic heterocycles. The van der Waals surface area contributed by atoms with E-state index in [9.17, 15) is 4.79 Å². The van der Waals surface area contributed by atoms with Gasteiger partial charge < -0.3 is 15.7 Å². The number of carbonyl (C=O) groups excluding carboxylic acids is 1. The smallest absolute Gasteiger partial charge is 0.237 e. The van der Waals surface area contributed by atoms with Crippen LogP contribution in [0.5, 0.6) is 0 Å².